The molecule has 0 aliphatic carbocycles. The van der Waals surface area contributed by atoms with E-state index in [1.807, 2.05) is 60.1 Å². The Balaban J connectivity index is 0.00000450. The van der Waals surface area contributed by atoms with Crippen LogP contribution < -0.4 is 10.6 Å². The Labute approximate surface area is 196 Å². The number of aliphatic imine (C=N–C) groups is 1. The molecule has 0 radical (unpaired) electrons. The quantitative estimate of drug-likeness (QED) is 0.337. The predicted octanol–water partition coefficient (Wildman–Crippen LogP) is 2.25. The number of hydrogen-bond acceptors (Lipinski definition) is 6. The summed E-state index contributed by atoms with van der Waals surface area (Å²) in [4.78, 5) is 19.1. The number of aryl methyl sites for hydroxylation is 1. The van der Waals surface area contributed by atoms with Crippen molar-refractivity contribution in [3.63, 3.8) is 0 Å². The van der Waals surface area contributed by atoms with Crippen LogP contribution in [0.25, 0.3) is 0 Å². The number of carbonyl (C=O) groups is 1. The number of amides is 1. The van der Waals surface area contributed by atoms with Crippen molar-refractivity contribution in [2.45, 2.75) is 78.5 Å². The highest BCUT2D eigenvalue weighted by molar-refractivity contribution is 14.0. The maximum atomic E-state index is 12.9. The van der Waals surface area contributed by atoms with E-state index < -0.39 is 11.3 Å². The topological polar surface area (TPSA) is 106 Å². The van der Waals surface area contributed by atoms with E-state index in [0.717, 1.165) is 5.82 Å². The van der Waals surface area contributed by atoms with Gasteiger partial charge in [0.1, 0.15) is 24.2 Å². The number of rotatable bonds is 5. The van der Waals surface area contributed by atoms with Crippen LogP contribution in [0.2, 0.25) is 0 Å². The van der Waals surface area contributed by atoms with Crippen LogP contribution in [-0.4, -0.2) is 68.3 Å². The van der Waals surface area contributed by atoms with Crippen LogP contribution in [0.4, 0.5) is 4.79 Å². The molecule has 2 atom stereocenters. The molecule has 1 aliphatic heterocycles. The van der Waals surface area contributed by atoms with E-state index in [1.165, 1.54) is 0 Å². The summed E-state index contributed by atoms with van der Waals surface area (Å²) in [5.41, 5.74) is -1.34. The number of nitrogens with one attached hydrogen (secondary N) is 2. The first-order valence-corrected chi connectivity index (χ1v) is 9.99. The predicted molar refractivity (Wildman–Crippen MR) is 126 cm³/mol. The number of ether oxygens (including phenoxy) is 2. The smallest absolute Gasteiger partial charge is 0.412 e. The number of hydrogen-bond donors (Lipinski definition) is 2. The van der Waals surface area contributed by atoms with Crippen molar-refractivity contribution in [3.05, 3.63) is 12.2 Å². The number of halogens is 1. The van der Waals surface area contributed by atoms with Gasteiger partial charge in [-0.3, -0.25) is 4.90 Å². The molecule has 0 spiro atoms. The Morgan fingerprint density at radius 1 is 1.37 bits per heavy atom. The highest BCUT2D eigenvalue weighted by Gasteiger charge is 2.49. The second kappa shape index (κ2) is 10.6. The Bertz CT molecular complexity index is 730. The minimum atomic E-state index is -0.762. The minimum absolute atomic E-state index is 0. The molecule has 2 unspecified atom stereocenters. The molecule has 1 saturated heterocycles. The van der Waals surface area contributed by atoms with Crippen molar-refractivity contribution in [1.29, 1.82) is 0 Å². The van der Waals surface area contributed by atoms with Crippen LogP contribution in [0.15, 0.2) is 11.3 Å². The van der Waals surface area contributed by atoms with Gasteiger partial charge in [0, 0.05) is 20.1 Å². The average molecular weight is 537 g/mol. The first-order valence-electron chi connectivity index (χ1n) is 9.99. The Hall–Kier alpha value is -1.63. The summed E-state index contributed by atoms with van der Waals surface area (Å²) in [6.45, 7) is 14.8. The van der Waals surface area contributed by atoms with E-state index in [-0.39, 0.29) is 42.2 Å². The highest BCUT2D eigenvalue weighted by Crippen LogP contribution is 2.33. The maximum Gasteiger partial charge on any atom is 0.412 e. The summed E-state index contributed by atoms with van der Waals surface area (Å²) < 4.78 is 13.5. The van der Waals surface area contributed by atoms with E-state index in [9.17, 15) is 4.79 Å². The monoisotopic (exact) mass is 537 g/mol. The van der Waals surface area contributed by atoms with Gasteiger partial charge in [-0.1, -0.05) is 0 Å². The molecule has 0 saturated carbocycles. The Morgan fingerprint density at radius 3 is 2.57 bits per heavy atom. The largest absolute Gasteiger partial charge is 0.444 e. The van der Waals surface area contributed by atoms with Crippen molar-refractivity contribution in [3.8, 4) is 0 Å². The number of nitrogens with zero attached hydrogens (tertiary/aromatic N) is 5. The third-order valence-corrected chi connectivity index (χ3v) is 4.52. The fourth-order valence-electron chi connectivity index (χ4n) is 3.27. The van der Waals surface area contributed by atoms with E-state index >= 15 is 0 Å². The summed E-state index contributed by atoms with van der Waals surface area (Å²) in [5, 5.41) is 14.4. The molecule has 30 heavy (non-hydrogen) atoms. The zero-order valence-electron chi connectivity index (χ0n) is 19.2. The SMILES string of the molecule is CCNC(=NCc1nncn1C)NCC1C(C)OC(C)(C)N1C(=O)OC(C)(C)C.I. The first-order chi connectivity index (χ1) is 13.4. The zero-order chi connectivity index (χ0) is 21.8. The molecule has 11 heteroatoms. The normalized spacial score (nSPS) is 21.2. The van der Waals surface area contributed by atoms with Crippen LogP contribution >= 0.6 is 24.0 Å². The summed E-state index contributed by atoms with van der Waals surface area (Å²) >= 11 is 0. The third kappa shape index (κ3) is 6.96. The van der Waals surface area contributed by atoms with Crippen molar-refractivity contribution in [2.24, 2.45) is 12.0 Å². The molecule has 10 nitrogen and oxygen atoms in total. The van der Waals surface area contributed by atoms with Gasteiger partial charge in [-0.15, -0.1) is 34.2 Å². The molecule has 0 aromatic carbocycles. The number of aromatic nitrogens is 3. The Morgan fingerprint density at radius 2 is 2.03 bits per heavy atom. The molecule has 1 fully saturated rings. The Kier molecular flexibility index (Phi) is 9.33. The lowest BCUT2D eigenvalue weighted by Crippen LogP contribution is -2.54. The molecular formula is C19H36IN7O3. The van der Waals surface area contributed by atoms with Gasteiger partial charge in [0.2, 0.25) is 0 Å². The van der Waals surface area contributed by atoms with E-state index in [0.29, 0.717) is 25.6 Å². The van der Waals surface area contributed by atoms with Gasteiger partial charge in [0.25, 0.3) is 0 Å². The van der Waals surface area contributed by atoms with Gasteiger partial charge >= 0.3 is 6.09 Å². The van der Waals surface area contributed by atoms with Crippen LogP contribution in [0, 0.1) is 0 Å². The molecule has 2 rings (SSSR count). The van der Waals surface area contributed by atoms with Gasteiger partial charge in [0.05, 0.1) is 12.1 Å². The maximum absolute atomic E-state index is 12.9. The second-order valence-electron chi connectivity index (χ2n) is 8.62. The molecule has 1 aliphatic rings. The summed E-state index contributed by atoms with van der Waals surface area (Å²) in [6.07, 6.45) is 1.09. The fraction of sp³-hybridized carbons (Fsp3) is 0.789. The molecule has 172 valence electrons. The molecule has 2 N–H and O–H groups in total. The van der Waals surface area contributed by atoms with Crippen molar-refractivity contribution < 1.29 is 14.3 Å². The van der Waals surface area contributed by atoms with Gasteiger partial charge in [0.15, 0.2) is 11.8 Å². The molecule has 1 aromatic heterocycles. The highest BCUT2D eigenvalue weighted by atomic mass is 127. The second-order valence-corrected chi connectivity index (χ2v) is 8.62. The van der Waals surface area contributed by atoms with Crippen LogP contribution in [0.5, 0.6) is 0 Å². The van der Waals surface area contributed by atoms with Gasteiger partial charge in [-0.2, -0.15) is 0 Å². The first kappa shape index (κ1) is 26.4. The van der Waals surface area contributed by atoms with Crippen molar-refractivity contribution in [2.75, 3.05) is 13.1 Å². The molecule has 1 aromatic rings. The molecule has 1 amide bonds. The van der Waals surface area contributed by atoms with Crippen LogP contribution in [0.3, 0.4) is 0 Å². The molecular weight excluding hydrogens is 501 g/mol. The van der Waals surface area contributed by atoms with E-state index in [4.69, 9.17) is 9.47 Å². The van der Waals surface area contributed by atoms with Crippen LogP contribution in [0.1, 0.15) is 54.3 Å². The van der Waals surface area contributed by atoms with Crippen molar-refractivity contribution in [1.82, 2.24) is 30.3 Å². The summed E-state index contributed by atoms with van der Waals surface area (Å²) in [7, 11) is 1.88. The lowest BCUT2D eigenvalue weighted by atomic mass is 10.1. The summed E-state index contributed by atoms with van der Waals surface area (Å²) in [6, 6.07) is -0.210. The molecule has 0 bridgehead atoms. The summed E-state index contributed by atoms with van der Waals surface area (Å²) in [5.74, 6) is 1.40. The molecule has 2 heterocycles. The van der Waals surface area contributed by atoms with Gasteiger partial charge in [-0.25, -0.2) is 9.79 Å². The van der Waals surface area contributed by atoms with Crippen molar-refractivity contribution >= 4 is 36.0 Å². The van der Waals surface area contributed by atoms with Crippen LogP contribution in [-0.2, 0) is 23.1 Å². The standard InChI is InChI=1S/C19H35N7O3.HI/c1-9-20-16(22-11-15-24-23-12-25(15)8)21-10-14-13(2)28-19(6,7)26(14)17(27)29-18(3,4)5;/h12-14H,9-11H2,1-8H3,(H2,20,21,22);1H. The number of carbonyl (C=O) groups excluding carboxylic acids is 1. The third-order valence-electron chi connectivity index (χ3n) is 4.52. The van der Waals surface area contributed by atoms with E-state index in [1.54, 1.807) is 11.2 Å². The number of guanidine groups is 1. The lowest BCUT2D eigenvalue weighted by Gasteiger charge is -2.35. The lowest BCUT2D eigenvalue weighted by molar-refractivity contribution is -0.0755. The fourth-order valence-corrected chi connectivity index (χ4v) is 3.27. The van der Waals surface area contributed by atoms with E-state index in [2.05, 4.69) is 25.8 Å². The average Bonchev–Trinajstić information content (AvgIpc) is 3.07. The zero-order valence-corrected chi connectivity index (χ0v) is 21.6. The minimum Gasteiger partial charge on any atom is -0.444 e. The van der Waals surface area contributed by atoms with Gasteiger partial charge in [-0.05, 0) is 48.5 Å². The van der Waals surface area contributed by atoms with Gasteiger partial charge < -0.3 is 24.7 Å².